The molecule has 3 heterocycles. The van der Waals surface area contributed by atoms with Crippen LogP contribution in [0.15, 0.2) is 18.3 Å². The highest BCUT2D eigenvalue weighted by molar-refractivity contribution is 5.85. The lowest BCUT2D eigenvalue weighted by Crippen LogP contribution is -2.40. The molecule has 3 rings (SSSR count). The van der Waals surface area contributed by atoms with Crippen LogP contribution in [-0.2, 0) is 6.54 Å². The lowest BCUT2D eigenvalue weighted by atomic mass is 10.1. The van der Waals surface area contributed by atoms with Crippen LogP contribution in [0, 0.1) is 0 Å². The Bertz CT molecular complexity index is 500. The zero-order valence-corrected chi connectivity index (χ0v) is 12.4. The number of hydrogen-bond donors (Lipinski definition) is 1. The van der Waals surface area contributed by atoms with E-state index in [9.17, 15) is 4.79 Å². The Balaban J connectivity index is 1.56. The zero-order chi connectivity index (χ0) is 14.7. The second-order valence-electron chi connectivity index (χ2n) is 6.13. The van der Waals surface area contributed by atoms with E-state index in [1.165, 1.54) is 38.8 Å². The summed E-state index contributed by atoms with van der Waals surface area (Å²) in [5.41, 5.74) is 1.18. The number of carboxylic acids is 1. The van der Waals surface area contributed by atoms with Gasteiger partial charge in [-0.1, -0.05) is 6.42 Å². The van der Waals surface area contributed by atoms with Gasteiger partial charge >= 0.3 is 5.97 Å². The molecule has 0 radical (unpaired) electrons. The van der Waals surface area contributed by atoms with E-state index in [-0.39, 0.29) is 5.69 Å². The molecule has 5 heteroatoms. The van der Waals surface area contributed by atoms with Crippen LogP contribution in [0.5, 0.6) is 0 Å². The molecule has 114 valence electrons. The van der Waals surface area contributed by atoms with Gasteiger partial charge in [0.1, 0.15) is 5.69 Å². The highest BCUT2D eigenvalue weighted by Crippen LogP contribution is 2.21. The van der Waals surface area contributed by atoms with E-state index < -0.39 is 5.97 Å². The molecule has 2 aliphatic heterocycles. The molecular weight excluding hydrogens is 266 g/mol. The van der Waals surface area contributed by atoms with Crippen molar-refractivity contribution in [2.45, 2.75) is 38.3 Å². The highest BCUT2D eigenvalue weighted by Gasteiger charge is 2.28. The fourth-order valence-corrected chi connectivity index (χ4v) is 3.49. The summed E-state index contributed by atoms with van der Waals surface area (Å²) in [7, 11) is 0. The quantitative estimate of drug-likeness (QED) is 0.916. The molecule has 0 aromatic carbocycles. The van der Waals surface area contributed by atoms with Crippen molar-refractivity contribution in [2.24, 2.45) is 0 Å². The molecular formula is C16H23N3O2. The first-order valence-corrected chi connectivity index (χ1v) is 7.87. The molecule has 0 aliphatic carbocycles. The second kappa shape index (κ2) is 6.54. The number of rotatable bonds is 4. The van der Waals surface area contributed by atoms with E-state index in [0.717, 1.165) is 25.2 Å². The van der Waals surface area contributed by atoms with Gasteiger partial charge in [-0.3, -0.25) is 9.80 Å². The molecule has 1 unspecified atom stereocenters. The van der Waals surface area contributed by atoms with E-state index in [1.807, 2.05) is 6.07 Å². The van der Waals surface area contributed by atoms with E-state index in [4.69, 9.17) is 5.11 Å². The number of hydrogen-bond acceptors (Lipinski definition) is 4. The van der Waals surface area contributed by atoms with Gasteiger partial charge in [0.25, 0.3) is 0 Å². The topological polar surface area (TPSA) is 56.7 Å². The Morgan fingerprint density at radius 2 is 2.10 bits per heavy atom. The number of carbonyl (C=O) groups is 1. The molecule has 1 aromatic rings. The van der Waals surface area contributed by atoms with Crippen LogP contribution in [0.2, 0.25) is 0 Å². The Morgan fingerprint density at radius 3 is 2.86 bits per heavy atom. The standard InChI is InChI=1S/C16H23N3O2/c20-16(21)15-10-13(4-6-17-15)11-18-9-5-14(12-18)19-7-2-1-3-8-19/h4,6,10,14H,1-3,5,7-9,11-12H2,(H,20,21). The van der Waals surface area contributed by atoms with Crippen LogP contribution in [0.3, 0.4) is 0 Å². The van der Waals surface area contributed by atoms with Gasteiger partial charge < -0.3 is 5.11 Å². The molecule has 5 nitrogen and oxygen atoms in total. The maximum absolute atomic E-state index is 11.0. The minimum absolute atomic E-state index is 0.138. The van der Waals surface area contributed by atoms with Gasteiger partial charge in [-0.2, -0.15) is 0 Å². The summed E-state index contributed by atoms with van der Waals surface area (Å²) in [5.74, 6) is -0.954. The summed E-state index contributed by atoms with van der Waals surface area (Å²) in [6, 6.07) is 4.29. The average molecular weight is 289 g/mol. The van der Waals surface area contributed by atoms with Crippen LogP contribution in [-0.4, -0.2) is 58.1 Å². The number of piperidine rings is 1. The van der Waals surface area contributed by atoms with Gasteiger partial charge in [0, 0.05) is 31.9 Å². The number of likely N-dealkylation sites (tertiary alicyclic amines) is 2. The first-order chi connectivity index (χ1) is 10.2. The van der Waals surface area contributed by atoms with Gasteiger partial charge in [-0.05, 0) is 50.0 Å². The van der Waals surface area contributed by atoms with Crippen molar-refractivity contribution >= 4 is 5.97 Å². The summed E-state index contributed by atoms with van der Waals surface area (Å²) in [6.45, 7) is 5.53. The van der Waals surface area contributed by atoms with Crippen molar-refractivity contribution in [1.82, 2.24) is 14.8 Å². The number of carboxylic acid groups (broad SMARTS) is 1. The normalized spacial score (nSPS) is 24.3. The molecule has 1 atom stereocenters. The maximum atomic E-state index is 11.0. The predicted molar refractivity (Wildman–Crippen MR) is 80.3 cm³/mol. The van der Waals surface area contributed by atoms with Crippen LogP contribution in [0.25, 0.3) is 0 Å². The maximum Gasteiger partial charge on any atom is 0.354 e. The van der Waals surface area contributed by atoms with Gasteiger partial charge in [-0.25, -0.2) is 9.78 Å². The van der Waals surface area contributed by atoms with Crippen molar-refractivity contribution in [1.29, 1.82) is 0 Å². The molecule has 0 saturated carbocycles. The van der Waals surface area contributed by atoms with E-state index in [2.05, 4.69) is 14.8 Å². The molecule has 1 aromatic heterocycles. The molecule has 21 heavy (non-hydrogen) atoms. The fraction of sp³-hybridized carbons (Fsp3) is 0.625. The number of aromatic nitrogens is 1. The largest absolute Gasteiger partial charge is 0.477 e. The van der Waals surface area contributed by atoms with Crippen molar-refractivity contribution < 1.29 is 9.90 Å². The monoisotopic (exact) mass is 289 g/mol. The van der Waals surface area contributed by atoms with E-state index >= 15 is 0 Å². The predicted octanol–water partition coefficient (Wildman–Crippen LogP) is 1.84. The number of nitrogens with zero attached hydrogens (tertiary/aromatic N) is 3. The third kappa shape index (κ3) is 3.60. The zero-order valence-electron chi connectivity index (χ0n) is 12.4. The summed E-state index contributed by atoms with van der Waals surface area (Å²) < 4.78 is 0. The van der Waals surface area contributed by atoms with Crippen molar-refractivity contribution in [3.8, 4) is 0 Å². The summed E-state index contributed by atoms with van der Waals surface area (Å²) in [5, 5.41) is 9.00. The summed E-state index contributed by atoms with van der Waals surface area (Å²) in [6.07, 6.45) is 6.88. The molecule has 2 saturated heterocycles. The lowest BCUT2D eigenvalue weighted by Gasteiger charge is -2.32. The van der Waals surface area contributed by atoms with Crippen molar-refractivity contribution in [3.05, 3.63) is 29.6 Å². The fourth-order valence-electron chi connectivity index (χ4n) is 3.49. The summed E-state index contributed by atoms with van der Waals surface area (Å²) >= 11 is 0. The Hall–Kier alpha value is -1.46. The smallest absolute Gasteiger partial charge is 0.354 e. The Labute approximate surface area is 125 Å². The molecule has 0 bridgehead atoms. The average Bonchev–Trinajstić information content (AvgIpc) is 2.97. The SMILES string of the molecule is O=C(O)c1cc(CN2CCC(N3CCCCC3)C2)ccn1. The van der Waals surface area contributed by atoms with Crippen LogP contribution in [0.1, 0.15) is 41.7 Å². The third-order valence-corrected chi connectivity index (χ3v) is 4.60. The van der Waals surface area contributed by atoms with Gasteiger partial charge in [0.15, 0.2) is 0 Å². The molecule has 0 amide bonds. The second-order valence-corrected chi connectivity index (χ2v) is 6.13. The Kier molecular flexibility index (Phi) is 4.51. The first kappa shape index (κ1) is 14.5. The first-order valence-electron chi connectivity index (χ1n) is 7.87. The van der Waals surface area contributed by atoms with Crippen LogP contribution in [0.4, 0.5) is 0 Å². The van der Waals surface area contributed by atoms with E-state index in [1.54, 1.807) is 12.3 Å². The van der Waals surface area contributed by atoms with Gasteiger partial charge in [0.05, 0.1) is 0 Å². The van der Waals surface area contributed by atoms with Gasteiger partial charge in [0.2, 0.25) is 0 Å². The minimum atomic E-state index is -0.954. The molecule has 1 N–H and O–H groups in total. The minimum Gasteiger partial charge on any atom is -0.477 e. The number of pyridine rings is 1. The number of aromatic carboxylic acids is 1. The van der Waals surface area contributed by atoms with Crippen LogP contribution >= 0.6 is 0 Å². The molecule has 0 spiro atoms. The lowest BCUT2D eigenvalue weighted by molar-refractivity contribution is 0.0690. The highest BCUT2D eigenvalue weighted by atomic mass is 16.4. The summed E-state index contributed by atoms with van der Waals surface area (Å²) in [4.78, 5) is 19.9. The van der Waals surface area contributed by atoms with E-state index in [0.29, 0.717) is 6.04 Å². The molecule has 2 fully saturated rings. The molecule has 2 aliphatic rings. The van der Waals surface area contributed by atoms with Crippen molar-refractivity contribution in [2.75, 3.05) is 26.2 Å². The van der Waals surface area contributed by atoms with Gasteiger partial charge in [-0.15, -0.1) is 0 Å². The Morgan fingerprint density at radius 1 is 1.29 bits per heavy atom. The third-order valence-electron chi connectivity index (χ3n) is 4.60. The van der Waals surface area contributed by atoms with Crippen LogP contribution < -0.4 is 0 Å². The van der Waals surface area contributed by atoms with Crippen molar-refractivity contribution in [3.63, 3.8) is 0 Å².